The highest BCUT2D eigenvalue weighted by molar-refractivity contribution is 8.00. The third-order valence-electron chi connectivity index (χ3n) is 4.86. The number of anilines is 1. The average molecular weight is 557 g/mol. The maximum Gasteiger partial charge on any atom is 0.352 e. The van der Waals surface area contributed by atoms with E-state index in [1.165, 1.54) is 13.8 Å². The predicted molar refractivity (Wildman–Crippen MR) is 125 cm³/mol. The van der Waals surface area contributed by atoms with Crippen LogP contribution in [-0.4, -0.2) is 95.6 Å². The SMILES string of the molecule is CC(=O)CC(=O)OCC1=C(C(=O)O)N2C(=O)C(NC(=O)C(=NOC(C)C(=O)O)c3nsc(N)n3)[C@H]2SC1. The zero-order valence-corrected chi connectivity index (χ0v) is 20.8. The van der Waals surface area contributed by atoms with Crippen LogP contribution in [0, 0.1) is 0 Å². The number of hydrogen-bond donors (Lipinski definition) is 4. The number of oxime groups is 1. The van der Waals surface area contributed by atoms with Gasteiger partial charge in [0.2, 0.25) is 17.6 Å². The molecule has 0 aliphatic carbocycles. The van der Waals surface area contributed by atoms with Crippen LogP contribution < -0.4 is 11.1 Å². The fraction of sp³-hybridized carbons (Fsp3) is 0.421. The molecule has 0 saturated carbocycles. The minimum atomic E-state index is -1.44. The summed E-state index contributed by atoms with van der Waals surface area (Å²) in [5.41, 5.74) is 4.75. The summed E-state index contributed by atoms with van der Waals surface area (Å²) in [6.45, 7) is 1.94. The van der Waals surface area contributed by atoms with Gasteiger partial charge in [0, 0.05) is 22.9 Å². The highest BCUT2D eigenvalue weighted by Crippen LogP contribution is 2.40. The molecule has 0 radical (unpaired) electrons. The smallest absolute Gasteiger partial charge is 0.352 e. The quantitative estimate of drug-likeness (QED) is 0.0803. The van der Waals surface area contributed by atoms with Crippen molar-refractivity contribution in [3.63, 3.8) is 0 Å². The summed E-state index contributed by atoms with van der Waals surface area (Å²) in [4.78, 5) is 81.0. The van der Waals surface area contributed by atoms with Crippen LogP contribution >= 0.6 is 23.3 Å². The van der Waals surface area contributed by atoms with E-state index in [4.69, 9.17) is 20.4 Å². The molecule has 2 aliphatic heterocycles. The number of nitrogen functional groups attached to an aromatic ring is 1. The van der Waals surface area contributed by atoms with Crippen LogP contribution in [0.25, 0.3) is 0 Å². The lowest BCUT2D eigenvalue weighted by molar-refractivity contribution is -0.150. The Hall–Kier alpha value is -4.06. The number of Topliss-reactive ketones (excluding diaryl/α,β-unsaturated/α-hetero) is 1. The molecule has 0 aromatic carbocycles. The number of nitrogens with two attached hydrogens (primary N) is 1. The van der Waals surface area contributed by atoms with Crippen LogP contribution in [0.15, 0.2) is 16.4 Å². The number of carbonyl (C=O) groups excluding carboxylic acids is 4. The first kappa shape index (κ1) is 27.5. The predicted octanol–water partition coefficient (Wildman–Crippen LogP) is -1.42. The van der Waals surface area contributed by atoms with Crippen LogP contribution in [0.3, 0.4) is 0 Å². The normalized spacial score (nSPS) is 19.9. The number of aromatic nitrogens is 2. The Morgan fingerprint density at radius 3 is 2.57 bits per heavy atom. The van der Waals surface area contributed by atoms with E-state index in [0.29, 0.717) is 0 Å². The number of carboxylic acids is 2. The Balaban J connectivity index is 1.76. The maximum atomic E-state index is 12.9. The number of amides is 2. The standard InChI is InChI=1S/C19H20N6O10S2/c1-6(26)3-9(27)34-4-8-5-36-16-11(15(29)25(16)12(8)18(32)33)21-14(28)10(13-22-19(20)37-24-13)23-35-7(2)17(30)31/h7,11,16H,3-5H2,1-2H3,(H,21,28)(H,30,31)(H,32,33)(H2,20,22,24)/t7?,11?,16-/m1/s1. The molecule has 1 aromatic rings. The molecular weight excluding hydrogens is 536 g/mol. The van der Waals surface area contributed by atoms with Gasteiger partial charge in [-0.3, -0.25) is 24.1 Å². The number of carboxylic acid groups (broad SMARTS) is 2. The van der Waals surface area contributed by atoms with Gasteiger partial charge in [0.25, 0.3) is 11.8 Å². The lowest BCUT2D eigenvalue weighted by atomic mass is 10.0. The van der Waals surface area contributed by atoms with Gasteiger partial charge in [-0.1, -0.05) is 5.16 Å². The molecule has 2 amide bonds. The second-order valence-corrected chi connectivity index (χ2v) is 9.53. The fourth-order valence-corrected chi connectivity index (χ4v) is 4.88. The summed E-state index contributed by atoms with van der Waals surface area (Å²) < 4.78 is 8.80. The van der Waals surface area contributed by atoms with Crippen molar-refractivity contribution in [3.8, 4) is 0 Å². The first-order chi connectivity index (χ1) is 17.4. The van der Waals surface area contributed by atoms with Gasteiger partial charge in [0.05, 0.1) is 0 Å². The molecule has 0 bridgehead atoms. The summed E-state index contributed by atoms with van der Waals surface area (Å²) in [7, 11) is 0. The number of β-lactam (4-membered cyclic amide) rings is 1. The van der Waals surface area contributed by atoms with Gasteiger partial charge in [-0.25, -0.2) is 9.59 Å². The van der Waals surface area contributed by atoms with Gasteiger partial charge >= 0.3 is 17.9 Å². The molecule has 16 nitrogen and oxygen atoms in total. The van der Waals surface area contributed by atoms with Crippen molar-refractivity contribution in [3.05, 3.63) is 17.1 Å². The van der Waals surface area contributed by atoms with Crippen LogP contribution in [0.2, 0.25) is 0 Å². The molecule has 198 valence electrons. The Labute approximate surface area is 216 Å². The topological polar surface area (TPSA) is 241 Å². The summed E-state index contributed by atoms with van der Waals surface area (Å²) in [6.07, 6.45) is -1.89. The van der Waals surface area contributed by atoms with E-state index < -0.39 is 77.5 Å². The van der Waals surface area contributed by atoms with E-state index in [2.05, 4.69) is 19.8 Å². The Morgan fingerprint density at radius 1 is 1.30 bits per heavy atom. The molecule has 2 aliphatic rings. The number of hydrogen-bond acceptors (Lipinski definition) is 14. The molecule has 3 heterocycles. The van der Waals surface area contributed by atoms with Gasteiger partial charge in [-0.05, 0) is 13.8 Å². The summed E-state index contributed by atoms with van der Waals surface area (Å²) in [5.74, 6) is -6.01. The van der Waals surface area contributed by atoms with E-state index in [9.17, 15) is 33.9 Å². The van der Waals surface area contributed by atoms with Gasteiger partial charge in [-0.15, -0.1) is 11.8 Å². The van der Waals surface area contributed by atoms with Crippen LogP contribution in [-0.2, 0) is 38.3 Å². The minimum absolute atomic E-state index is 0.0108. The molecule has 1 saturated heterocycles. The lowest BCUT2D eigenvalue weighted by Gasteiger charge is -2.49. The number of fused-ring (bicyclic) bond motifs is 1. The molecule has 2 unspecified atom stereocenters. The summed E-state index contributed by atoms with van der Waals surface area (Å²) in [5, 5.41) is 23.8. The highest BCUT2D eigenvalue weighted by atomic mass is 32.2. The van der Waals surface area contributed by atoms with Crippen LogP contribution in [0.4, 0.5) is 5.13 Å². The number of carbonyl (C=O) groups is 6. The zero-order chi connectivity index (χ0) is 27.4. The molecule has 1 aromatic heterocycles. The number of ketones is 1. The van der Waals surface area contributed by atoms with Gasteiger partial charge in [-0.2, -0.15) is 9.36 Å². The van der Waals surface area contributed by atoms with Crippen molar-refractivity contribution in [2.45, 2.75) is 37.8 Å². The van der Waals surface area contributed by atoms with Gasteiger partial charge in [0.15, 0.2) is 5.13 Å². The van der Waals surface area contributed by atoms with Gasteiger partial charge in [0.1, 0.15) is 35.9 Å². The van der Waals surface area contributed by atoms with E-state index in [1.807, 2.05) is 0 Å². The number of esters is 1. The highest BCUT2D eigenvalue weighted by Gasteiger charge is 2.54. The number of thioether (sulfide) groups is 1. The van der Waals surface area contributed by atoms with E-state index >= 15 is 0 Å². The number of rotatable bonds is 11. The van der Waals surface area contributed by atoms with E-state index in [0.717, 1.165) is 28.2 Å². The van der Waals surface area contributed by atoms with Crippen molar-refractivity contribution < 1.29 is 48.6 Å². The van der Waals surface area contributed by atoms with Crippen molar-refractivity contribution in [1.29, 1.82) is 0 Å². The second kappa shape index (κ2) is 11.3. The molecule has 0 spiro atoms. The molecular formula is C19H20N6O10S2. The summed E-state index contributed by atoms with van der Waals surface area (Å²) in [6, 6.07) is -1.17. The Bertz CT molecular complexity index is 1230. The van der Waals surface area contributed by atoms with Crippen LogP contribution in [0.5, 0.6) is 0 Å². The van der Waals surface area contributed by atoms with Crippen molar-refractivity contribution >= 4 is 69.6 Å². The number of aliphatic carboxylic acids is 2. The Morgan fingerprint density at radius 2 is 2.00 bits per heavy atom. The van der Waals surface area contributed by atoms with Crippen molar-refractivity contribution in [1.82, 2.24) is 19.6 Å². The molecule has 18 heteroatoms. The first-order valence-corrected chi connectivity index (χ1v) is 12.1. The number of ether oxygens (including phenoxy) is 1. The molecule has 3 atom stereocenters. The minimum Gasteiger partial charge on any atom is -0.478 e. The monoisotopic (exact) mass is 556 g/mol. The second-order valence-electron chi connectivity index (χ2n) is 7.64. The fourth-order valence-electron chi connectivity index (χ4n) is 3.12. The van der Waals surface area contributed by atoms with Crippen LogP contribution in [0.1, 0.15) is 26.1 Å². The maximum absolute atomic E-state index is 12.9. The molecule has 1 fully saturated rings. The largest absolute Gasteiger partial charge is 0.478 e. The van der Waals surface area contributed by atoms with E-state index in [-0.39, 0.29) is 22.3 Å². The van der Waals surface area contributed by atoms with E-state index in [1.54, 1.807) is 0 Å². The van der Waals surface area contributed by atoms with Crippen molar-refractivity contribution in [2.24, 2.45) is 5.16 Å². The molecule has 37 heavy (non-hydrogen) atoms. The van der Waals surface area contributed by atoms with Crippen molar-refractivity contribution in [2.75, 3.05) is 18.1 Å². The third kappa shape index (κ3) is 6.20. The Kier molecular flexibility index (Phi) is 8.43. The third-order valence-corrected chi connectivity index (χ3v) is 6.74. The molecule has 5 N–H and O–H groups in total. The lowest BCUT2D eigenvalue weighted by Crippen LogP contribution is -2.71. The summed E-state index contributed by atoms with van der Waals surface area (Å²) >= 11 is 1.85. The molecule has 3 rings (SSSR count). The zero-order valence-electron chi connectivity index (χ0n) is 19.2. The number of nitrogens with one attached hydrogen (secondary N) is 1. The van der Waals surface area contributed by atoms with Gasteiger partial charge < -0.3 is 30.8 Å². The first-order valence-electron chi connectivity index (χ1n) is 10.3. The number of nitrogens with zero attached hydrogens (tertiary/aromatic N) is 4. The average Bonchev–Trinajstić information content (AvgIpc) is 3.25.